The average Bonchev–Trinajstić information content (AvgIpc) is 2.62. The number of nitrogens with one attached hydrogen (secondary N) is 1. The zero-order chi connectivity index (χ0) is 19.5. The highest BCUT2D eigenvalue weighted by atomic mass is 35.5. The molecule has 0 amide bonds. The van der Waals surface area contributed by atoms with Gasteiger partial charge in [-0.15, -0.1) is 0 Å². The van der Waals surface area contributed by atoms with E-state index in [9.17, 15) is 22.4 Å². The van der Waals surface area contributed by atoms with Crippen LogP contribution in [0.15, 0.2) is 41.3 Å². The van der Waals surface area contributed by atoms with Crippen molar-refractivity contribution in [3.05, 3.63) is 58.4 Å². The van der Waals surface area contributed by atoms with Crippen LogP contribution in [0.4, 0.5) is 10.1 Å². The maximum Gasteiger partial charge on any atom is 0.339 e. The molecule has 0 heterocycles. The van der Waals surface area contributed by atoms with E-state index in [1.54, 1.807) is 0 Å². The van der Waals surface area contributed by atoms with Crippen molar-refractivity contribution in [2.45, 2.75) is 4.90 Å². The lowest BCUT2D eigenvalue weighted by atomic mass is 10.1. The van der Waals surface area contributed by atoms with Gasteiger partial charge in [-0.25, -0.2) is 22.4 Å². The molecule has 2 aromatic rings. The van der Waals surface area contributed by atoms with Crippen molar-refractivity contribution >= 4 is 39.3 Å². The van der Waals surface area contributed by atoms with Crippen LogP contribution in [0.5, 0.6) is 0 Å². The van der Waals surface area contributed by atoms with Crippen molar-refractivity contribution in [3.63, 3.8) is 0 Å². The van der Waals surface area contributed by atoms with E-state index in [1.165, 1.54) is 12.1 Å². The molecule has 138 valence electrons. The fraction of sp³-hybridized carbons (Fsp3) is 0.125. The van der Waals surface area contributed by atoms with Crippen LogP contribution in [0, 0.1) is 5.82 Å². The third kappa shape index (κ3) is 4.12. The highest BCUT2D eigenvalue weighted by Gasteiger charge is 2.26. The highest BCUT2D eigenvalue weighted by Crippen LogP contribution is 2.26. The number of esters is 2. The molecule has 0 aliphatic heterocycles. The lowest BCUT2D eigenvalue weighted by Gasteiger charge is -2.13. The van der Waals surface area contributed by atoms with Crippen LogP contribution < -0.4 is 4.72 Å². The first kappa shape index (κ1) is 19.7. The molecule has 10 heteroatoms. The van der Waals surface area contributed by atoms with Gasteiger partial charge in [0.05, 0.1) is 31.0 Å². The van der Waals surface area contributed by atoms with E-state index in [4.69, 9.17) is 11.6 Å². The summed E-state index contributed by atoms with van der Waals surface area (Å²) in [4.78, 5) is 23.0. The summed E-state index contributed by atoms with van der Waals surface area (Å²) in [5.41, 5.74) is -0.876. The van der Waals surface area contributed by atoms with Gasteiger partial charge in [0.2, 0.25) is 0 Å². The van der Waals surface area contributed by atoms with Gasteiger partial charge in [-0.3, -0.25) is 4.72 Å². The maximum atomic E-state index is 13.9. The molecule has 0 atom stereocenters. The molecule has 0 fully saturated rings. The maximum absolute atomic E-state index is 13.9. The second kappa shape index (κ2) is 7.71. The smallest absolute Gasteiger partial charge is 0.339 e. The SMILES string of the molecule is COC(=O)c1ccc(C(=O)OC)c(S(=O)(=O)Nc2cc(Cl)ccc2F)c1. The van der Waals surface area contributed by atoms with Gasteiger partial charge in [-0.05, 0) is 36.4 Å². The lowest BCUT2D eigenvalue weighted by Crippen LogP contribution is -2.19. The summed E-state index contributed by atoms with van der Waals surface area (Å²) in [5.74, 6) is -2.64. The number of carbonyl (C=O) groups excluding carboxylic acids is 2. The zero-order valence-electron chi connectivity index (χ0n) is 13.6. The van der Waals surface area contributed by atoms with Crippen molar-refractivity contribution in [3.8, 4) is 0 Å². The molecule has 2 aromatic carbocycles. The molecule has 0 bridgehead atoms. The fourth-order valence-electron chi connectivity index (χ4n) is 2.04. The van der Waals surface area contributed by atoms with Gasteiger partial charge in [0, 0.05) is 5.02 Å². The van der Waals surface area contributed by atoms with Gasteiger partial charge in [0.15, 0.2) is 0 Å². The summed E-state index contributed by atoms with van der Waals surface area (Å²) in [6.45, 7) is 0. The molecular formula is C16H13ClFNO6S. The second-order valence-electron chi connectivity index (χ2n) is 4.92. The summed E-state index contributed by atoms with van der Waals surface area (Å²) in [5, 5.41) is 0.0978. The van der Waals surface area contributed by atoms with E-state index < -0.39 is 38.4 Å². The van der Waals surface area contributed by atoms with Gasteiger partial charge in [-0.1, -0.05) is 11.6 Å². The molecule has 0 saturated carbocycles. The Labute approximate surface area is 153 Å². The topological polar surface area (TPSA) is 98.8 Å². The Morgan fingerprint density at radius 3 is 2.31 bits per heavy atom. The second-order valence-corrected chi connectivity index (χ2v) is 7.01. The average molecular weight is 402 g/mol. The number of hydrogen-bond acceptors (Lipinski definition) is 6. The first-order chi connectivity index (χ1) is 12.2. The molecule has 0 saturated heterocycles. The summed E-state index contributed by atoms with van der Waals surface area (Å²) in [7, 11) is -2.28. The molecule has 0 aliphatic rings. The molecule has 7 nitrogen and oxygen atoms in total. The van der Waals surface area contributed by atoms with E-state index in [2.05, 4.69) is 9.47 Å². The van der Waals surface area contributed by atoms with E-state index in [-0.39, 0.29) is 16.1 Å². The quantitative estimate of drug-likeness (QED) is 0.773. The van der Waals surface area contributed by atoms with E-state index in [0.29, 0.717) is 0 Å². The van der Waals surface area contributed by atoms with Crippen LogP contribution in [0.2, 0.25) is 5.02 Å². The van der Waals surface area contributed by atoms with Crippen LogP contribution in [-0.4, -0.2) is 34.6 Å². The molecular weight excluding hydrogens is 389 g/mol. The summed E-state index contributed by atoms with van der Waals surface area (Å²) in [6, 6.07) is 6.52. The third-order valence-electron chi connectivity index (χ3n) is 3.27. The minimum atomic E-state index is -4.46. The Bertz CT molecular complexity index is 977. The number of methoxy groups -OCH3 is 2. The normalized spacial score (nSPS) is 10.9. The Morgan fingerprint density at radius 2 is 1.69 bits per heavy atom. The van der Waals surface area contributed by atoms with Gasteiger partial charge in [0.25, 0.3) is 10.0 Å². The lowest BCUT2D eigenvalue weighted by molar-refractivity contribution is 0.0583. The Hall–Kier alpha value is -2.65. The zero-order valence-corrected chi connectivity index (χ0v) is 15.2. The number of ether oxygens (including phenoxy) is 2. The van der Waals surface area contributed by atoms with Crippen LogP contribution in [0.25, 0.3) is 0 Å². The molecule has 0 unspecified atom stereocenters. The van der Waals surface area contributed by atoms with Gasteiger partial charge < -0.3 is 9.47 Å². The van der Waals surface area contributed by atoms with E-state index >= 15 is 0 Å². The molecule has 0 aromatic heterocycles. The van der Waals surface area contributed by atoms with Crippen molar-refractivity contribution < 1.29 is 31.9 Å². The standard InChI is InChI=1S/C16H13ClFNO6S/c1-24-15(20)9-3-5-11(16(21)25-2)14(7-9)26(22,23)19-13-8-10(17)4-6-12(13)18/h3-8,19H,1-2H3. The number of halogens is 2. The first-order valence-corrected chi connectivity index (χ1v) is 8.84. The summed E-state index contributed by atoms with van der Waals surface area (Å²) in [6.07, 6.45) is 0. The molecule has 0 aliphatic carbocycles. The largest absolute Gasteiger partial charge is 0.465 e. The Balaban J connectivity index is 2.60. The van der Waals surface area contributed by atoms with Gasteiger partial charge >= 0.3 is 11.9 Å². The summed E-state index contributed by atoms with van der Waals surface area (Å²) < 4.78 is 50.3. The van der Waals surface area contributed by atoms with Crippen LogP contribution in [0.1, 0.15) is 20.7 Å². The van der Waals surface area contributed by atoms with E-state index in [0.717, 1.165) is 38.5 Å². The van der Waals surface area contributed by atoms with Crippen molar-refractivity contribution in [1.29, 1.82) is 0 Å². The number of hydrogen-bond donors (Lipinski definition) is 1. The van der Waals surface area contributed by atoms with E-state index in [1.807, 2.05) is 4.72 Å². The number of anilines is 1. The Kier molecular flexibility index (Phi) is 5.83. The Morgan fingerprint density at radius 1 is 1.04 bits per heavy atom. The summed E-state index contributed by atoms with van der Waals surface area (Å²) >= 11 is 5.74. The van der Waals surface area contributed by atoms with Crippen LogP contribution in [-0.2, 0) is 19.5 Å². The van der Waals surface area contributed by atoms with Crippen LogP contribution in [0.3, 0.4) is 0 Å². The first-order valence-electron chi connectivity index (χ1n) is 6.98. The molecule has 1 N–H and O–H groups in total. The van der Waals surface area contributed by atoms with Gasteiger partial charge in [0.1, 0.15) is 10.7 Å². The molecule has 0 radical (unpaired) electrons. The minimum Gasteiger partial charge on any atom is -0.465 e. The van der Waals surface area contributed by atoms with Gasteiger partial charge in [-0.2, -0.15) is 0 Å². The van der Waals surface area contributed by atoms with Crippen LogP contribution >= 0.6 is 11.6 Å². The molecule has 0 spiro atoms. The third-order valence-corrected chi connectivity index (χ3v) is 4.91. The molecule has 26 heavy (non-hydrogen) atoms. The number of benzene rings is 2. The fourth-order valence-corrected chi connectivity index (χ4v) is 3.49. The van der Waals surface area contributed by atoms with Crippen molar-refractivity contribution in [2.75, 3.05) is 18.9 Å². The predicted molar refractivity (Wildman–Crippen MR) is 91.3 cm³/mol. The number of rotatable bonds is 5. The molecule has 2 rings (SSSR count). The minimum absolute atomic E-state index is 0.0978. The number of carbonyl (C=O) groups is 2. The predicted octanol–water partition coefficient (Wildman–Crippen LogP) is 2.85. The highest BCUT2D eigenvalue weighted by molar-refractivity contribution is 7.92. The monoisotopic (exact) mass is 401 g/mol. The number of sulfonamides is 1. The van der Waals surface area contributed by atoms with Crippen molar-refractivity contribution in [1.82, 2.24) is 0 Å². The van der Waals surface area contributed by atoms with Crippen molar-refractivity contribution in [2.24, 2.45) is 0 Å².